The van der Waals surface area contributed by atoms with Crippen molar-refractivity contribution in [1.29, 1.82) is 0 Å². The van der Waals surface area contributed by atoms with Gasteiger partial charge in [0.25, 0.3) is 0 Å². The first-order chi connectivity index (χ1) is 7.08. The molecule has 0 aromatic carbocycles. The lowest BCUT2D eigenvalue weighted by Crippen LogP contribution is -2.31. The van der Waals surface area contributed by atoms with Crippen molar-refractivity contribution in [3.63, 3.8) is 0 Å². The van der Waals surface area contributed by atoms with Gasteiger partial charge in [-0.2, -0.15) is 0 Å². The molecular weight excluding hydrogens is 226 g/mol. The Morgan fingerprint density at radius 2 is 2.27 bits per heavy atom. The van der Waals surface area contributed by atoms with E-state index in [1.807, 2.05) is 31.9 Å². The molecular formula is C11H15NOS2. The molecule has 0 amide bonds. The van der Waals surface area contributed by atoms with Crippen LogP contribution in [0, 0.1) is 12.8 Å². The molecule has 2 rings (SSSR count). The van der Waals surface area contributed by atoms with Crippen molar-refractivity contribution in [3.8, 4) is 0 Å². The third kappa shape index (κ3) is 2.27. The zero-order valence-electron chi connectivity index (χ0n) is 9.24. The number of fused-ring (bicyclic) bond motifs is 1. The van der Waals surface area contributed by atoms with Gasteiger partial charge in [-0.25, -0.2) is 0 Å². The molecule has 1 aliphatic heterocycles. The Labute approximate surface area is 98.7 Å². The van der Waals surface area contributed by atoms with E-state index in [1.54, 1.807) is 11.3 Å². The molecule has 1 unspecified atom stereocenters. The topological polar surface area (TPSA) is 20.3 Å². The summed E-state index contributed by atoms with van der Waals surface area (Å²) < 4.78 is 1.22. The van der Waals surface area contributed by atoms with Gasteiger partial charge in [0.2, 0.25) is 0 Å². The molecule has 0 aliphatic carbocycles. The first-order valence-corrected chi connectivity index (χ1v) is 6.80. The average molecular weight is 241 g/mol. The fraction of sp³-hybridized carbons (Fsp3) is 0.545. The summed E-state index contributed by atoms with van der Waals surface area (Å²) in [6, 6.07) is 2.04. The summed E-state index contributed by atoms with van der Waals surface area (Å²) in [7, 11) is 4.04. The van der Waals surface area contributed by atoms with Gasteiger partial charge in [0.15, 0.2) is 5.78 Å². The van der Waals surface area contributed by atoms with Gasteiger partial charge in [0.05, 0.1) is 4.21 Å². The van der Waals surface area contributed by atoms with Crippen LogP contribution in [0.4, 0.5) is 0 Å². The van der Waals surface area contributed by atoms with Crippen LogP contribution >= 0.6 is 23.1 Å². The monoisotopic (exact) mass is 241 g/mol. The second-order valence-electron chi connectivity index (χ2n) is 4.19. The Bertz CT molecular complexity index is 384. The SMILES string of the molecule is Cc1cc2c(s1)SCC(CN(C)C)C2=O. The second-order valence-corrected chi connectivity index (χ2v) is 6.74. The molecule has 0 N–H and O–H groups in total. The Hall–Kier alpha value is -0.320. The highest BCUT2D eigenvalue weighted by Gasteiger charge is 2.29. The summed E-state index contributed by atoms with van der Waals surface area (Å²) in [5, 5.41) is 0. The normalized spacial score (nSPS) is 20.8. The first kappa shape index (κ1) is 11.2. The maximum absolute atomic E-state index is 12.1. The Morgan fingerprint density at radius 1 is 1.53 bits per heavy atom. The molecule has 1 aliphatic rings. The highest BCUT2D eigenvalue weighted by molar-refractivity contribution is 8.01. The van der Waals surface area contributed by atoms with E-state index in [9.17, 15) is 4.79 Å². The van der Waals surface area contributed by atoms with Crippen LogP contribution in [0.15, 0.2) is 10.3 Å². The van der Waals surface area contributed by atoms with E-state index < -0.39 is 0 Å². The molecule has 0 saturated heterocycles. The van der Waals surface area contributed by atoms with E-state index in [1.165, 1.54) is 9.09 Å². The molecule has 2 heterocycles. The minimum atomic E-state index is 0.173. The van der Waals surface area contributed by atoms with Crippen LogP contribution in [-0.2, 0) is 0 Å². The van der Waals surface area contributed by atoms with Crippen LogP contribution in [-0.4, -0.2) is 37.1 Å². The Kier molecular flexibility index (Phi) is 3.19. The first-order valence-electron chi connectivity index (χ1n) is 5.00. The zero-order valence-corrected chi connectivity index (χ0v) is 10.9. The van der Waals surface area contributed by atoms with Crippen molar-refractivity contribution in [3.05, 3.63) is 16.5 Å². The molecule has 0 spiro atoms. The second kappa shape index (κ2) is 4.28. The van der Waals surface area contributed by atoms with E-state index in [-0.39, 0.29) is 5.92 Å². The molecule has 15 heavy (non-hydrogen) atoms. The quantitative estimate of drug-likeness (QED) is 0.793. The number of Topliss-reactive ketones (excluding diaryl/α,β-unsaturated/α-hetero) is 1. The predicted octanol–water partition coefficient (Wildman–Crippen LogP) is 2.52. The highest BCUT2D eigenvalue weighted by Crippen LogP contribution is 2.38. The largest absolute Gasteiger partial charge is 0.309 e. The number of nitrogens with zero attached hydrogens (tertiary/aromatic N) is 1. The highest BCUT2D eigenvalue weighted by atomic mass is 32.2. The van der Waals surface area contributed by atoms with Gasteiger partial charge < -0.3 is 4.90 Å². The van der Waals surface area contributed by atoms with Crippen molar-refractivity contribution in [2.24, 2.45) is 5.92 Å². The molecule has 1 aromatic rings. The number of hydrogen-bond acceptors (Lipinski definition) is 4. The number of thioether (sulfide) groups is 1. The van der Waals surface area contributed by atoms with Gasteiger partial charge in [-0.15, -0.1) is 23.1 Å². The third-order valence-electron chi connectivity index (χ3n) is 2.46. The number of rotatable bonds is 2. The molecule has 1 aromatic heterocycles. The van der Waals surface area contributed by atoms with Gasteiger partial charge in [-0.1, -0.05) is 0 Å². The fourth-order valence-corrected chi connectivity index (χ4v) is 4.32. The lowest BCUT2D eigenvalue weighted by molar-refractivity contribution is 0.0908. The summed E-state index contributed by atoms with van der Waals surface area (Å²) in [6.45, 7) is 2.93. The molecule has 0 bridgehead atoms. The van der Waals surface area contributed by atoms with E-state index in [4.69, 9.17) is 0 Å². The smallest absolute Gasteiger partial charge is 0.170 e. The molecule has 0 radical (unpaired) electrons. The van der Waals surface area contributed by atoms with Gasteiger partial charge >= 0.3 is 0 Å². The maximum Gasteiger partial charge on any atom is 0.170 e. The standard InChI is InChI=1S/C11H15NOS2/c1-7-4-9-10(13)8(5-12(2)3)6-14-11(9)15-7/h4,8H,5-6H2,1-3H3. The van der Waals surface area contributed by atoms with E-state index in [0.29, 0.717) is 5.78 Å². The zero-order chi connectivity index (χ0) is 11.0. The third-order valence-corrected chi connectivity index (χ3v) is 4.96. The lowest BCUT2D eigenvalue weighted by atomic mass is 10.0. The van der Waals surface area contributed by atoms with E-state index >= 15 is 0 Å². The number of aryl methyl sites for hydroxylation is 1. The molecule has 4 heteroatoms. The van der Waals surface area contributed by atoms with Crippen LogP contribution in [0.25, 0.3) is 0 Å². The summed E-state index contributed by atoms with van der Waals surface area (Å²) in [6.07, 6.45) is 0. The Balaban J connectivity index is 2.21. The molecule has 1 atom stereocenters. The number of carbonyl (C=O) groups is 1. The van der Waals surface area contributed by atoms with Crippen molar-refractivity contribution in [1.82, 2.24) is 4.90 Å². The van der Waals surface area contributed by atoms with Gasteiger partial charge in [0.1, 0.15) is 0 Å². The summed E-state index contributed by atoms with van der Waals surface area (Å²) in [4.78, 5) is 15.5. The van der Waals surface area contributed by atoms with Crippen molar-refractivity contribution in [2.75, 3.05) is 26.4 Å². The minimum Gasteiger partial charge on any atom is -0.309 e. The van der Waals surface area contributed by atoms with Gasteiger partial charge in [0, 0.05) is 28.7 Å². The number of hydrogen-bond donors (Lipinski definition) is 0. The van der Waals surface area contributed by atoms with Crippen molar-refractivity contribution in [2.45, 2.75) is 11.1 Å². The van der Waals surface area contributed by atoms with Crippen molar-refractivity contribution >= 4 is 28.9 Å². The predicted molar refractivity (Wildman–Crippen MR) is 66.2 cm³/mol. The van der Waals surface area contributed by atoms with Crippen LogP contribution < -0.4 is 0 Å². The molecule has 0 fully saturated rings. The number of carbonyl (C=O) groups excluding carboxylic acids is 1. The van der Waals surface area contributed by atoms with Gasteiger partial charge in [-0.05, 0) is 27.1 Å². The Morgan fingerprint density at radius 3 is 2.93 bits per heavy atom. The maximum atomic E-state index is 12.1. The van der Waals surface area contributed by atoms with Crippen LogP contribution in [0.1, 0.15) is 15.2 Å². The van der Waals surface area contributed by atoms with Crippen LogP contribution in [0.2, 0.25) is 0 Å². The molecule has 82 valence electrons. The summed E-state index contributed by atoms with van der Waals surface area (Å²) >= 11 is 3.58. The average Bonchev–Trinajstić information content (AvgIpc) is 2.51. The summed E-state index contributed by atoms with van der Waals surface area (Å²) in [5.41, 5.74) is 0.959. The van der Waals surface area contributed by atoms with E-state index in [2.05, 4.69) is 11.8 Å². The number of ketones is 1. The number of thiophene rings is 1. The summed E-state index contributed by atoms with van der Waals surface area (Å²) in [5.74, 6) is 1.44. The minimum absolute atomic E-state index is 0.173. The van der Waals surface area contributed by atoms with Crippen LogP contribution in [0.3, 0.4) is 0 Å². The van der Waals surface area contributed by atoms with E-state index in [0.717, 1.165) is 17.9 Å². The van der Waals surface area contributed by atoms with Gasteiger partial charge in [-0.3, -0.25) is 4.79 Å². The lowest BCUT2D eigenvalue weighted by Gasteiger charge is -2.23. The molecule has 0 saturated carbocycles. The van der Waals surface area contributed by atoms with Crippen molar-refractivity contribution < 1.29 is 4.79 Å². The molecule has 2 nitrogen and oxygen atoms in total. The fourth-order valence-electron chi connectivity index (χ4n) is 1.82. The van der Waals surface area contributed by atoms with Crippen LogP contribution in [0.5, 0.6) is 0 Å².